The van der Waals surface area contributed by atoms with Crippen LogP contribution in [-0.4, -0.2) is 42.9 Å². The minimum absolute atomic E-state index is 0. The van der Waals surface area contributed by atoms with Crippen LogP contribution in [0.5, 0.6) is 0 Å². The highest BCUT2D eigenvalue weighted by atomic mass is 35.5. The van der Waals surface area contributed by atoms with Gasteiger partial charge in [0.2, 0.25) is 5.91 Å². The van der Waals surface area contributed by atoms with E-state index in [1.807, 2.05) is 30.0 Å². The maximum absolute atomic E-state index is 12.8. The van der Waals surface area contributed by atoms with Crippen molar-refractivity contribution < 1.29 is 9.59 Å². The normalized spacial score (nSPS) is 23.1. The van der Waals surface area contributed by atoms with Crippen molar-refractivity contribution in [1.29, 1.82) is 0 Å². The predicted octanol–water partition coefficient (Wildman–Crippen LogP) is 4.25. The van der Waals surface area contributed by atoms with Gasteiger partial charge in [0.25, 0.3) is 5.91 Å². The Balaban J connectivity index is 0.00000300. The van der Waals surface area contributed by atoms with Gasteiger partial charge in [-0.3, -0.25) is 9.59 Å². The lowest BCUT2D eigenvalue weighted by molar-refractivity contribution is -0.117. The molecule has 162 valence electrons. The van der Waals surface area contributed by atoms with E-state index in [2.05, 4.69) is 24.5 Å². The molecule has 1 aromatic rings. The maximum Gasteiger partial charge on any atom is 0.253 e. The number of rotatable bonds is 5. The number of nitrogens with zero attached hydrogens (tertiary/aromatic N) is 1. The summed E-state index contributed by atoms with van der Waals surface area (Å²) >= 11 is 0. The quantitative estimate of drug-likeness (QED) is 0.746. The number of anilines is 1. The summed E-state index contributed by atoms with van der Waals surface area (Å²) in [6, 6.07) is 5.63. The molecule has 2 saturated heterocycles. The lowest BCUT2D eigenvalue weighted by Crippen LogP contribution is -2.39. The molecule has 0 aromatic heterocycles. The summed E-state index contributed by atoms with van der Waals surface area (Å²) < 4.78 is 0. The molecule has 2 fully saturated rings. The van der Waals surface area contributed by atoms with Gasteiger partial charge in [0.15, 0.2) is 0 Å². The number of likely N-dealkylation sites (tertiary alicyclic amines) is 1. The number of benzene rings is 1. The van der Waals surface area contributed by atoms with Crippen LogP contribution in [0.3, 0.4) is 0 Å². The Bertz CT molecular complexity index is 703. The van der Waals surface area contributed by atoms with E-state index in [9.17, 15) is 9.59 Å². The van der Waals surface area contributed by atoms with Crippen LogP contribution in [0.4, 0.5) is 5.69 Å². The van der Waals surface area contributed by atoms with Gasteiger partial charge in [-0.2, -0.15) is 0 Å². The van der Waals surface area contributed by atoms with Crippen LogP contribution in [0.1, 0.15) is 61.9 Å². The first-order valence-electron chi connectivity index (χ1n) is 10.8. The Kier molecular flexibility index (Phi) is 8.97. The number of hydrogen-bond acceptors (Lipinski definition) is 3. The van der Waals surface area contributed by atoms with Crippen LogP contribution in [0.25, 0.3) is 0 Å². The molecule has 2 heterocycles. The molecule has 6 heteroatoms. The summed E-state index contributed by atoms with van der Waals surface area (Å²) in [5.41, 5.74) is 2.46. The first-order chi connectivity index (χ1) is 13.4. The summed E-state index contributed by atoms with van der Waals surface area (Å²) in [6.07, 6.45) is 5.21. The smallest absolute Gasteiger partial charge is 0.253 e. The number of halogens is 1. The molecule has 0 saturated carbocycles. The Morgan fingerprint density at radius 3 is 2.72 bits per heavy atom. The molecule has 2 amide bonds. The summed E-state index contributed by atoms with van der Waals surface area (Å²) in [7, 11) is 0. The molecule has 29 heavy (non-hydrogen) atoms. The van der Waals surface area contributed by atoms with E-state index in [0.717, 1.165) is 43.9 Å². The lowest BCUT2D eigenvalue weighted by atomic mass is 9.85. The van der Waals surface area contributed by atoms with Gasteiger partial charge < -0.3 is 15.5 Å². The van der Waals surface area contributed by atoms with E-state index in [4.69, 9.17) is 0 Å². The highest BCUT2D eigenvalue weighted by Crippen LogP contribution is 2.25. The minimum Gasteiger partial charge on any atom is -0.338 e. The molecule has 2 N–H and O–H groups in total. The van der Waals surface area contributed by atoms with E-state index < -0.39 is 0 Å². The molecule has 2 aliphatic heterocycles. The van der Waals surface area contributed by atoms with Crippen molar-refractivity contribution in [3.05, 3.63) is 29.3 Å². The number of hydrogen-bond donors (Lipinski definition) is 2. The molecule has 0 aliphatic carbocycles. The molecule has 5 nitrogen and oxygen atoms in total. The fraction of sp³-hybridized carbons (Fsp3) is 0.652. The van der Waals surface area contributed by atoms with Gasteiger partial charge in [-0.05, 0) is 87.2 Å². The van der Waals surface area contributed by atoms with Gasteiger partial charge in [0.1, 0.15) is 0 Å². The Labute approximate surface area is 181 Å². The highest BCUT2D eigenvalue weighted by Gasteiger charge is 2.24. The van der Waals surface area contributed by atoms with Crippen LogP contribution in [0.2, 0.25) is 0 Å². The van der Waals surface area contributed by atoms with E-state index in [-0.39, 0.29) is 24.2 Å². The number of amides is 2. The van der Waals surface area contributed by atoms with Gasteiger partial charge in [-0.1, -0.05) is 13.8 Å². The van der Waals surface area contributed by atoms with Crippen LogP contribution in [-0.2, 0) is 4.79 Å². The van der Waals surface area contributed by atoms with Crippen molar-refractivity contribution in [3.63, 3.8) is 0 Å². The molecule has 3 atom stereocenters. The summed E-state index contributed by atoms with van der Waals surface area (Å²) in [5.74, 6) is 1.68. The Morgan fingerprint density at radius 1 is 1.28 bits per heavy atom. The largest absolute Gasteiger partial charge is 0.338 e. The number of carbonyl (C=O) groups is 2. The van der Waals surface area contributed by atoms with Crippen molar-refractivity contribution in [2.75, 3.05) is 31.5 Å². The van der Waals surface area contributed by atoms with Crippen molar-refractivity contribution in [3.8, 4) is 0 Å². The maximum atomic E-state index is 12.8. The van der Waals surface area contributed by atoms with Gasteiger partial charge in [0, 0.05) is 30.8 Å². The van der Waals surface area contributed by atoms with E-state index in [0.29, 0.717) is 29.7 Å². The number of carbonyl (C=O) groups excluding carboxylic acids is 2. The fourth-order valence-corrected chi connectivity index (χ4v) is 4.52. The average Bonchev–Trinajstić information content (AvgIpc) is 2.69. The lowest BCUT2D eigenvalue weighted by Gasteiger charge is -2.31. The van der Waals surface area contributed by atoms with Crippen LogP contribution < -0.4 is 10.6 Å². The van der Waals surface area contributed by atoms with Crippen LogP contribution in [0.15, 0.2) is 18.2 Å². The fourth-order valence-electron chi connectivity index (χ4n) is 4.52. The zero-order chi connectivity index (χ0) is 20.1. The van der Waals surface area contributed by atoms with Crippen molar-refractivity contribution >= 4 is 29.9 Å². The summed E-state index contributed by atoms with van der Waals surface area (Å²) in [4.78, 5) is 27.3. The summed E-state index contributed by atoms with van der Waals surface area (Å²) in [6.45, 7) is 10.1. The molecular weight excluding hydrogens is 386 g/mol. The van der Waals surface area contributed by atoms with Gasteiger partial charge >= 0.3 is 0 Å². The van der Waals surface area contributed by atoms with Gasteiger partial charge in [-0.25, -0.2) is 0 Å². The molecule has 0 radical (unpaired) electrons. The third-order valence-electron chi connectivity index (χ3n) is 6.34. The topological polar surface area (TPSA) is 61.4 Å². The molecule has 3 unspecified atom stereocenters. The van der Waals surface area contributed by atoms with Gasteiger partial charge in [0.05, 0.1) is 0 Å². The molecular formula is C23H36ClN3O2. The third kappa shape index (κ3) is 6.45. The molecule has 0 bridgehead atoms. The standard InChI is InChI=1S/C23H35N3O2.ClH/c1-16-6-5-11-26(15-16)23(28)19-8-9-21(18(3)12-19)25-22(27)13-17(2)20-7-4-10-24-14-20;/h8-9,12,16-17,20,24H,4-7,10-11,13-15H2,1-3H3,(H,25,27);1H. The van der Waals surface area contributed by atoms with E-state index in [1.54, 1.807) is 0 Å². The molecule has 3 rings (SSSR count). The monoisotopic (exact) mass is 421 g/mol. The van der Waals surface area contributed by atoms with Crippen molar-refractivity contribution in [1.82, 2.24) is 10.2 Å². The van der Waals surface area contributed by atoms with Crippen molar-refractivity contribution in [2.24, 2.45) is 17.8 Å². The van der Waals surface area contributed by atoms with Gasteiger partial charge in [-0.15, -0.1) is 12.4 Å². The predicted molar refractivity (Wildman–Crippen MR) is 121 cm³/mol. The zero-order valence-electron chi connectivity index (χ0n) is 18.0. The second-order valence-electron chi connectivity index (χ2n) is 8.86. The van der Waals surface area contributed by atoms with Crippen LogP contribution in [0, 0.1) is 24.7 Å². The second kappa shape index (κ2) is 11.0. The Hall–Kier alpha value is -1.59. The van der Waals surface area contributed by atoms with Crippen LogP contribution >= 0.6 is 12.4 Å². The summed E-state index contributed by atoms with van der Waals surface area (Å²) in [5, 5.41) is 6.48. The molecule has 2 aliphatic rings. The van der Waals surface area contributed by atoms with E-state index >= 15 is 0 Å². The Morgan fingerprint density at radius 2 is 2.07 bits per heavy atom. The molecule has 1 aromatic carbocycles. The highest BCUT2D eigenvalue weighted by molar-refractivity contribution is 5.96. The first-order valence-corrected chi connectivity index (χ1v) is 10.8. The van der Waals surface area contributed by atoms with Crippen molar-refractivity contribution in [2.45, 2.75) is 52.9 Å². The number of piperidine rings is 2. The second-order valence-corrected chi connectivity index (χ2v) is 8.86. The number of aryl methyl sites for hydroxylation is 1. The molecule has 0 spiro atoms. The zero-order valence-corrected chi connectivity index (χ0v) is 18.8. The number of nitrogens with one attached hydrogen (secondary N) is 2. The third-order valence-corrected chi connectivity index (χ3v) is 6.34. The average molecular weight is 422 g/mol. The van der Waals surface area contributed by atoms with E-state index in [1.165, 1.54) is 19.3 Å². The minimum atomic E-state index is 0. The SMILES string of the molecule is Cc1cc(C(=O)N2CCCC(C)C2)ccc1NC(=O)CC(C)C1CCCNC1.Cl. The first kappa shape index (κ1) is 23.7.